The Bertz CT molecular complexity index is 876. The van der Waals surface area contributed by atoms with E-state index in [4.69, 9.17) is 0 Å². The number of amides is 1. The van der Waals surface area contributed by atoms with Gasteiger partial charge in [0.25, 0.3) is 0 Å². The van der Waals surface area contributed by atoms with Crippen molar-refractivity contribution >= 4 is 33.3 Å². The van der Waals surface area contributed by atoms with Crippen molar-refractivity contribution in [1.29, 1.82) is 0 Å². The normalized spacial score (nSPS) is 14.2. The Labute approximate surface area is 152 Å². The molecule has 1 fully saturated rings. The highest BCUT2D eigenvalue weighted by atomic mass is 79.9. The first-order valence-electron chi connectivity index (χ1n) is 7.67. The molecule has 1 aliphatic rings. The first-order valence-corrected chi connectivity index (χ1v) is 8.47. The third kappa shape index (κ3) is 3.36. The number of benzene rings is 1. The van der Waals surface area contributed by atoms with Crippen molar-refractivity contribution in [2.45, 2.75) is 0 Å². The molecular weight excluding hydrogens is 386 g/mol. The number of nitrogens with one attached hydrogen (secondary N) is 1. The molecule has 1 aromatic carbocycles. The lowest BCUT2D eigenvalue weighted by molar-refractivity contribution is -0.120. The minimum absolute atomic E-state index is 0.0177. The molecule has 25 heavy (non-hydrogen) atoms. The minimum atomic E-state index is -0.0616. The van der Waals surface area contributed by atoms with E-state index in [-0.39, 0.29) is 11.8 Å². The maximum Gasteiger partial charge on any atom is 0.231 e. The average molecular weight is 400 g/mol. The van der Waals surface area contributed by atoms with Crippen LogP contribution >= 0.6 is 15.9 Å². The number of carbonyl (C=O) groups excluding carboxylic acids is 1. The van der Waals surface area contributed by atoms with Gasteiger partial charge in [0.2, 0.25) is 5.91 Å². The van der Waals surface area contributed by atoms with Gasteiger partial charge in [-0.3, -0.25) is 4.79 Å². The van der Waals surface area contributed by atoms with Crippen LogP contribution in [0.5, 0.6) is 0 Å². The molecule has 0 atom stereocenters. The molecule has 0 bridgehead atoms. The number of carbonyl (C=O) groups is 1. The van der Waals surface area contributed by atoms with Crippen molar-refractivity contribution in [2.75, 3.05) is 23.3 Å². The number of hydrogen-bond acceptors (Lipinski definition) is 6. The molecule has 0 unspecified atom stereocenters. The highest BCUT2D eigenvalue weighted by Crippen LogP contribution is 2.25. The van der Waals surface area contributed by atoms with Crippen molar-refractivity contribution in [3.05, 3.63) is 53.8 Å². The van der Waals surface area contributed by atoms with Crippen LogP contribution < -0.4 is 10.2 Å². The van der Waals surface area contributed by atoms with Crippen LogP contribution in [0.1, 0.15) is 0 Å². The molecule has 0 saturated carbocycles. The molecule has 126 valence electrons. The Hall–Kier alpha value is -2.81. The highest BCUT2D eigenvalue weighted by Gasteiger charge is 2.33. The summed E-state index contributed by atoms with van der Waals surface area (Å²) >= 11 is 3.38. The Balaban J connectivity index is 1.38. The van der Waals surface area contributed by atoms with Crippen molar-refractivity contribution in [1.82, 2.24) is 24.7 Å². The van der Waals surface area contributed by atoms with E-state index in [1.54, 1.807) is 11.0 Å². The quantitative estimate of drug-likeness (QED) is 0.720. The maximum atomic E-state index is 12.3. The SMILES string of the molecule is O=C(Nc1ccc(Br)cc1)C1CN(c2cc(-n3cncn3)ncn2)C1. The lowest BCUT2D eigenvalue weighted by atomic mass is 9.99. The van der Waals surface area contributed by atoms with Crippen molar-refractivity contribution < 1.29 is 4.79 Å². The van der Waals surface area contributed by atoms with E-state index in [1.807, 2.05) is 35.2 Å². The van der Waals surface area contributed by atoms with Crippen LogP contribution in [0, 0.1) is 5.92 Å². The molecule has 1 aliphatic heterocycles. The van der Waals surface area contributed by atoms with E-state index in [0.29, 0.717) is 18.9 Å². The molecule has 0 spiro atoms. The summed E-state index contributed by atoms with van der Waals surface area (Å²) in [6.45, 7) is 1.24. The van der Waals surface area contributed by atoms with Gasteiger partial charge < -0.3 is 10.2 Å². The predicted octanol–water partition coefficient (Wildman–Crippen LogP) is 1.89. The summed E-state index contributed by atoms with van der Waals surface area (Å²) in [5, 5.41) is 6.99. The fourth-order valence-corrected chi connectivity index (χ4v) is 2.84. The smallest absolute Gasteiger partial charge is 0.231 e. The Morgan fingerprint density at radius 3 is 2.60 bits per heavy atom. The van der Waals surface area contributed by atoms with Crippen LogP contribution in [-0.4, -0.2) is 43.7 Å². The van der Waals surface area contributed by atoms with E-state index in [0.717, 1.165) is 16.0 Å². The van der Waals surface area contributed by atoms with Gasteiger partial charge in [0.05, 0.1) is 5.92 Å². The number of aromatic nitrogens is 5. The molecule has 4 rings (SSSR count). The highest BCUT2D eigenvalue weighted by molar-refractivity contribution is 9.10. The van der Waals surface area contributed by atoms with E-state index in [9.17, 15) is 4.79 Å². The summed E-state index contributed by atoms with van der Waals surface area (Å²) in [6, 6.07) is 9.36. The standard InChI is InChI=1S/C16H14BrN7O/c17-12-1-3-13(4-2-12)22-16(25)11-6-23(7-11)14-5-15(20-9-19-14)24-10-18-8-21-24/h1-5,8-11H,6-7H2,(H,22,25). The second-order valence-electron chi connectivity index (χ2n) is 5.67. The zero-order valence-corrected chi connectivity index (χ0v) is 14.7. The van der Waals surface area contributed by atoms with E-state index < -0.39 is 0 Å². The molecule has 0 aliphatic carbocycles. The lowest BCUT2D eigenvalue weighted by Crippen LogP contribution is -2.52. The van der Waals surface area contributed by atoms with Crippen LogP contribution in [-0.2, 0) is 4.79 Å². The van der Waals surface area contributed by atoms with Gasteiger partial charge in [-0.05, 0) is 24.3 Å². The summed E-state index contributed by atoms with van der Waals surface area (Å²) in [5.41, 5.74) is 0.794. The molecule has 1 saturated heterocycles. The predicted molar refractivity (Wildman–Crippen MR) is 95.4 cm³/mol. The first kappa shape index (κ1) is 15.7. The van der Waals surface area contributed by atoms with Crippen LogP contribution in [0.4, 0.5) is 11.5 Å². The number of hydrogen-bond donors (Lipinski definition) is 1. The Morgan fingerprint density at radius 2 is 1.88 bits per heavy atom. The molecule has 3 aromatic rings. The lowest BCUT2D eigenvalue weighted by Gasteiger charge is -2.39. The first-order chi connectivity index (χ1) is 12.2. The van der Waals surface area contributed by atoms with Gasteiger partial charge in [0, 0.05) is 29.3 Å². The van der Waals surface area contributed by atoms with Gasteiger partial charge in [-0.2, -0.15) is 5.10 Å². The summed E-state index contributed by atoms with van der Waals surface area (Å²) in [4.78, 5) is 26.7. The fourth-order valence-electron chi connectivity index (χ4n) is 2.57. The zero-order chi connectivity index (χ0) is 17.2. The number of nitrogens with zero attached hydrogens (tertiary/aromatic N) is 6. The summed E-state index contributed by atoms with van der Waals surface area (Å²) < 4.78 is 2.55. The van der Waals surface area contributed by atoms with Gasteiger partial charge in [0.15, 0.2) is 5.82 Å². The molecule has 1 N–H and O–H groups in total. The third-order valence-electron chi connectivity index (χ3n) is 3.98. The minimum Gasteiger partial charge on any atom is -0.355 e. The fraction of sp³-hybridized carbons (Fsp3) is 0.188. The van der Waals surface area contributed by atoms with Crippen LogP contribution in [0.3, 0.4) is 0 Å². The van der Waals surface area contributed by atoms with E-state index in [2.05, 4.69) is 41.3 Å². The zero-order valence-electron chi connectivity index (χ0n) is 13.1. The average Bonchev–Trinajstić information content (AvgIpc) is 3.10. The molecular formula is C16H14BrN7O. The summed E-state index contributed by atoms with van der Waals surface area (Å²) in [5.74, 6) is 1.37. The second kappa shape index (κ2) is 6.60. The monoisotopic (exact) mass is 399 g/mol. The van der Waals surface area contributed by atoms with Gasteiger partial charge in [-0.1, -0.05) is 15.9 Å². The van der Waals surface area contributed by atoms with Crippen molar-refractivity contribution in [2.24, 2.45) is 5.92 Å². The summed E-state index contributed by atoms with van der Waals surface area (Å²) in [6.07, 6.45) is 4.52. The summed E-state index contributed by atoms with van der Waals surface area (Å²) in [7, 11) is 0. The van der Waals surface area contributed by atoms with E-state index in [1.165, 1.54) is 12.7 Å². The van der Waals surface area contributed by atoms with Crippen LogP contribution in [0.2, 0.25) is 0 Å². The van der Waals surface area contributed by atoms with Gasteiger partial charge >= 0.3 is 0 Å². The molecule has 0 radical (unpaired) electrons. The van der Waals surface area contributed by atoms with Crippen molar-refractivity contribution in [3.8, 4) is 5.82 Å². The molecule has 8 nitrogen and oxygen atoms in total. The maximum absolute atomic E-state index is 12.3. The number of halogens is 1. The van der Waals surface area contributed by atoms with E-state index >= 15 is 0 Å². The molecule has 9 heteroatoms. The van der Waals surface area contributed by atoms with Crippen LogP contribution in [0.15, 0.2) is 53.8 Å². The van der Waals surface area contributed by atoms with Crippen LogP contribution in [0.25, 0.3) is 5.82 Å². The molecule has 2 aromatic heterocycles. The molecule has 1 amide bonds. The number of anilines is 2. The topological polar surface area (TPSA) is 88.8 Å². The number of rotatable bonds is 4. The largest absolute Gasteiger partial charge is 0.355 e. The van der Waals surface area contributed by atoms with Crippen molar-refractivity contribution in [3.63, 3.8) is 0 Å². The Kier molecular flexibility index (Phi) is 4.14. The Morgan fingerprint density at radius 1 is 1.12 bits per heavy atom. The van der Waals surface area contributed by atoms with Gasteiger partial charge in [-0.25, -0.2) is 19.6 Å². The van der Waals surface area contributed by atoms with Gasteiger partial charge in [0.1, 0.15) is 24.8 Å². The molecule has 3 heterocycles. The second-order valence-corrected chi connectivity index (χ2v) is 6.59. The third-order valence-corrected chi connectivity index (χ3v) is 4.51. The van der Waals surface area contributed by atoms with Gasteiger partial charge in [-0.15, -0.1) is 0 Å².